The SMILES string of the molecule is C=C[Si](C)(OCCCCC)OCCCCCCCCCCCCCCC. The zero-order valence-electron chi connectivity index (χ0n) is 18.3. The summed E-state index contributed by atoms with van der Waals surface area (Å²) in [7, 11) is -2.11. The van der Waals surface area contributed by atoms with Crippen LogP contribution in [-0.2, 0) is 8.85 Å². The van der Waals surface area contributed by atoms with Gasteiger partial charge in [-0.05, 0) is 25.1 Å². The molecule has 0 heterocycles. The summed E-state index contributed by atoms with van der Waals surface area (Å²) in [5.74, 6) is 0. The lowest BCUT2D eigenvalue weighted by atomic mass is 10.0. The highest BCUT2D eigenvalue weighted by atomic mass is 28.4. The fraction of sp³-hybridized carbons (Fsp3) is 0.913. The average Bonchev–Trinajstić information content (AvgIpc) is 2.65. The molecule has 0 aromatic carbocycles. The highest BCUT2D eigenvalue weighted by Gasteiger charge is 2.26. The van der Waals surface area contributed by atoms with Gasteiger partial charge in [-0.15, -0.1) is 6.58 Å². The second-order valence-corrected chi connectivity index (χ2v) is 10.9. The first-order valence-electron chi connectivity index (χ1n) is 11.6. The molecular weight excluding hydrogens is 336 g/mol. The summed E-state index contributed by atoms with van der Waals surface area (Å²) in [4.78, 5) is 0. The summed E-state index contributed by atoms with van der Waals surface area (Å²) in [5, 5.41) is 0. The van der Waals surface area contributed by atoms with Gasteiger partial charge in [-0.3, -0.25) is 0 Å². The minimum Gasteiger partial charge on any atom is -0.391 e. The lowest BCUT2D eigenvalue weighted by molar-refractivity contribution is 0.178. The monoisotopic (exact) mass is 384 g/mol. The van der Waals surface area contributed by atoms with E-state index in [1.807, 2.05) is 5.70 Å². The predicted octanol–water partition coefficient (Wildman–Crippen LogP) is 8.10. The number of rotatable bonds is 21. The summed E-state index contributed by atoms with van der Waals surface area (Å²) < 4.78 is 12.1. The Labute approximate surface area is 166 Å². The van der Waals surface area contributed by atoms with E-state index in [2.05, 4.69) is 27.0 Å². The van der Waals surface area contributed by atoms with Crippen LogP contribution in [0.5, 0.6) is 0 Å². The van der Waals surface area contributed by atoms with Crippen LogP contribution in [-0.4, -0.2) is 21.8 Å². The van der Waals surface area contributed by atoms with E-state index in [-0.39, 0.29) is 0 Å². The van der Waals surface area contributed by atoms with Gasteiger partial charge in [0.1, 0.15) is 0 Å². The van der Waals surface area contributed by atoms with Crippen LogP contribution >= 0.6 is 0 Å². The Hall–Kier alpha value is -0.123. The summed E-state index contributed by atoms with van der Waals surface area (Å²) in [6.07, 6.45) is 21.6. The Balaban J connectivity index is 3.36. The Morgan fingerprint density at radius 2 is 0.885 bits per heavy atom. The van der Waals surface area contributed by atoms with Gasteiger partial charge in [0.15, 0.2) is 0 Å². The molecule has 0 N–H and O–H groups in total. The minimum absolute atomic E-state index is 0.821. The maximum absolute atomic E-state index is 6.06. The van der Waals surface area contributed by atoms with E-state index in [0.717, 1.165) is 26.1 Å². The van der Waals surface area contributed by atoms with Gasteiger partial charge in [-0.1, -0.05) is 104 Å². The van der Waals surface area contributed by atoms with Gasteiger partial charge in [0.25, 0.3) is 0 Å². The molecule has 0 bridgehead atoms. The molecule has 0 saturated carbocycles. The van der Waals surface area contributed by atoms with Crippen LogP contribution < -0.4 is 0 Å². The first kappa shape index (κ1) is 25.9. The van der Waals surface area contributed by atoms with Crippen molar-refractivity contribution in [2.45, 2.75) is 123 Å². The highest BCUT2D eigenvalue weighted by molar-refractivity contribution is 6.71. The van der Waals surface area contributed by atoms with Gasteiger partial charge >= 0.3 is 8.56 Å². The first-order chi connectivity index (χ1) is 12.7. The topological polar surface area (TPSA) is 18.5 Å². The molecule has 3 heteroatoms. The van der Waals surface area contributed by atoms with Crippen LogP contribution in [0, 0.1) is 0 Å². The molecule has 156 valence electrons. The van der Waals surface area contributed by atoms with Crippen LogP contribution in [0.2, 0.25) is 6.55 Å². The van der Waals surface area contributed by atoms with Gasteiger partial charge in [-0.25, -0.2) is 0 Å². The zero-order chi connectivity index (χ0) is 19.3. The Kier molecular flexibility index (Phi) is 19.5. The molecule has 0 rings (SSSR count). The smallest absolute Gasteiger partial charge is 0.361 e. The zero-order valence-corrected chi connectivity index (χ0v) is 19.3. The van der Waals surface area contributed by atoms with Crippen molar-refractivity contribution in [1.29, 1.82) is 0 Å². The lowest BCUT2D eigenvalue weighted by Crippen LogP contribution is -2.37. The first-order valence-corrected chi connectivity index (χ1v) is 14.0. The van der Waals surface area contributed by atoms with Crippen LogP contribution in [0.15, 0.2) is 12.3 Å². The van der Waals surface area contributed by atoms with Gasteiger partial charge < -0.3 is 8.85 Å². The predicted molar refractivity (Wildman–Crippen MR) is 119 cm³/mol. The largest absolute Gasteiger partial charge is 0.391 e. The van der Waals surface area contributed by atoms with Crippen LogP contribution in [0.4, 0.5) is 0 Å². The van der Waals surface area contributed by atoms with E-state index in [1.54, 1.807) is 0 Å². The molecule has 0 spiro atoms. The summed E-state index contributed by atoms with van der Waals surface area (Å²) in [6.45, 7) is 12.2. The van der Waals surface area contributed by atoms with Gasteiger partial charge in [0.05, 0.1) is 0 Å². The van der Waals surface area contributed by atoms with Crippen molar-refractivity contribution in [1.82, 2.24) is 0 Å². The molecule has 0 aliphatic heterocycles. The van der Waals surface area contributed by atoms with Crippen molar-refractivity contribution in [2.75, 3.05) is 13.2 Å². The molecule has 0 radical (unpaired) electrons. The van der Waals surface area contributed by atoms with Crippen molar-refractivity contribution in [3.63, 3.8) is 0 Å². The molecule has 0 fully saturated rings. The van der Waals surface area contributed by atoms with Crippen LogP contribution in [0.25, 0.3) is 0 Å². The molecule has 1 unspecified atom stereocenters. The van der Waals surface area contributed by atoms with Crippen molar-refractivity contribution in [2.24, 2.45) is 0 Å². The number of hydrogen-bond acceptors (Lipinski definition) is 2. The fourth-order valence-electron chi connectivity index (χ4n) is 3.18. The van der Waals surface area contributed by atoms with E-state index in [9.17, 15) is 0 Å². The second kappa shape index (κ2) is 19.6. The highest BCUT2D eigenvalue weighted by Crippen LogP contribution is 2.14. The molecule has 0 aliphatic rings. The van der Waals surface area contributed by atoms with Crippen LogP contribution in [0.3, 0.4) is 0 Å². The van der Waals surface area contributed by atoms with Crippen molar-refractivity contribution >= 4 is 8.56 Å². The van der Waals surface area contributed by atoms with E-state index >= 15 is 0 Å². The average molecular weight is 385 g/mol. The normalized spacial score (nSPS) is 13.7. The van der Waals surface area contributed by atoms with Crippen molar-refractivity contribution in [3.05, 3.63) is 12.3 Å². The molecule has 0 aromatic heterocycles. The summed E-state index contributed by atoms with van der Waals surface area (Å²) in [5.41, 5.74) is 1.93. The Bertz CT molecular complexity index is 296. The third-order valence-corrected chi connectivity index (χ3v) is 7.44. The fourth-order valence-corrected chi connectivity index (χ4v) is 4.60. The summed E-state index contributed by atoms with van der Waals surface area (Å²) in [6, 6.07) is 0. The molecular formula is C23H48O2Si. The quantitative estimate of drug-likeness (QED) is 0.147. The standard InChI is InChI=1S/C23H48O2Si/c1-5-8-10-11-12-13-14-15-16-17-18-19-21-23-25-26(4,7-3)24-22-20-9-6-2/h7H,3,5-6,8-23H2,1-2,4H3. The molecule has 1 atom stereocenters. The maximum Gasteiger partial charge on any atom is 0.361 e. The van der Waals surface area contributed by atoms with E-state index in [1.165, 1.54) is 89.9 Å². The van der Waals surface area contributed by atoms with Gasteiger partial charge in [0, 0.05) is 13.2 Å². The molecule has 2 nitrogen and oxygen atoms in total. The van der Waals surface area contributed by atoms with E-state index < -0.39 is 8.56 Å². The molecule has 26 heavy (non-hydrogen) atoms. The van der Waals surface area contributed by atoms with Gasteiger partial charge in [0.2, 0.25) is 0 Å². The van der Waals surface area contributed by atoms with E-state index in [0.29, 0.717) is 0 Å². The molecule has 0 aromatic rings. The second-order valence-electron chi connectivity index (χ2n) is 7.87. The number of unbranched alkanes of at least 4 members (excludes halogenated alkanes) is 14. The Morgan fingerprint density at radius 1 is 0.577 bits per heavy atom. The Morgan fingerprint density at radius 3 is 1.27 bits per heavy atom. The summed E-state index contributed by atoms with van der Waals surface area (Å²) >= 11 is 0. The molecule has 0 amide bonds. The van der Waals surface area contributed by atoms with Gasteiger partial charge in [-0.2, -0.15) is 0 Å². The van der Waals surface area contributed by atoms with Crippen molar-refractivity contribution in [3.8, 4) is 0 Å². The third kappa shape index (κ3) is 17.3. The number of hydrogen-bond donors (Lipinski definition) is 0. The maximum atomic E-state index is 6.06. The van der Waals surface area contributed by atoms with Crippen LogP contribution in [0.1, 0.15) is 117 Å². The van der Waals surface area contributed by atoms with Crippen molar-refractivity contribution < 1.29 is 8.85 Å². The minimum atomic E-state index is -2.11. The third-order valence-electron chi connectivity index (χ3n) is 5.14. The lowest BCUT2D eigenvalue weighted by Gasteiger charge is -2.23. The van der Waals surface area contributed by atoms with E-state index in [4.69, 9.17) is 8.85 Å². The molecule has 0 aliphatic carbocycles. The molecule has 0 saturated heterocycles.